The topological polar surface area (TPSA) is 54.0 Å². The van der Waals surface area contributed by atoms with Crippen LogP contribution in [0.25, 0.3) is 0 Å². The molecule has 0 aliphatic carbocycles. The van der Waals surface area contributed by atoms with Crippen LogP contribution in [0.5, 0.6) is 0 Å². The van der Waals surface area contributed by atoms with Crippen LogP contribution >= 0.6 is 0 Å². The third-order valence-electron chi connectivity index (χ3n) is 2.37. The number of hydrogen-bond acceptors (Lipinski definition) is 3. The van der Waals surface area contributed by atoms with Crippen LogP contribution in [-0.2, 0) is 0 Å². The van der Waals surface area contributed by atoms with E-state index in [4.69, 9.17) is 0 Å². The molecular formula is C13H13N3O. The number of pyridine rings is 1. The van der Waals surface area contributed by atoms with E-state index in [0.29, 0.717) is 5.56 Å². The molecule has 0 fully saturated rings. The Hall–Kier alpha value is -2.36. The lowest BCUT2D eigenvalue weighted by molar-refractivity contribution is 0.102. The molecule has 1 heterocycles. The van der Waals surface area contributed by atoms with Crippen molar-refractivity contribution < 1.29 is 4.79 Å². The highest BCUT2D eigenvalue weighted by molar-refractivity contribution is 6.07. The van der Waals surface area contributed by atoms with Crippen LogP contribution in [0, 0.1) is 0 Å². The van der Waals surface area contributed by atoms with Gasteiger partial charge in [-0.05, 0) is 18.2 Å². The Kier molecular flexibility index (Phi) is 3.35. The number of carbonyl (C=O) groups is 1. The fourth-order valence-corrected chi connectivity index (χ4v) is 1.51. The summed E-state index contributed by atoms with van der Waals surface area (Å²) in [6.45, 7) is 0. The molecule has 0 radical (unpaired) electrons. The monoisotopic (exact) mass is 227 g/mol. The molecule has 1 aromatic carbocycles. The molecule has 17 heavy (non-hydrogen) atoms. The zero-order chi connectivity index (χ0) is 12.1. The normalized spacial score (nSPS) is 9.71. The molecule has 0 spiro atoms. The van der Waals surface area contributed by atoms with Gasteiger partial charge in [-0.1, -0.05) is 18.2 Å². The Bertz CT molecular complexity index is 511. The Balaban J connectivity index is 2.20. The number of amides is 1. The summed E-state index contributed by atoms with van der Waals surface area (Å²) in [7, 11) is 1.77. The van der Waals surface area contributed by atoms with Gasteiger partial charge in [0, 0.05) is 30.8 Å². The number of anilines is 2. The van der Waals surface area contributed by atoms with Crippen molar-refractivity contribution in [2.75, 3.05) is 17.7 Å². The summed E-state index contributed by atoms with van der Waals surface area (Å²) in [4.78, 5) is 16.0. The maximum absolute atomic E-state index is 12.0. The smallest absolute Gasteiger partial charge is 0.259 e. The van der Waals surface area contributed by atoms with Crippen molar-refractivity contribution in [2.45, 2.75) is 0 Å². The van der Waals surface area contributed by atoms with Gasteiger partial charge in [-0.2, -0.15) is 0 Å². The number of carbonyl (C=O) groups excluding carboxylic acids is 1. The van der Waals surface area contributed by atoms with E-state index >= 15 is 0 Å². The number of nitrogens with one attached hydrogen (secondary N) is 2. The first-order valence-electron chi connectivity index (χ1n) is 5.29. The van der Waals surface area contributed by atoms with Crippen molar-refractivity contribution in [3.8, 4) is 0 Å². The largest absolute Gasteiger partial charge is 0.387 e. The van der Waals surface area contributed by atoms with Crippen LogP contribution in [-0.4, -0.2) is 17.9 Å². The second-order valence-corrected chi connectivity index (χ2v) is 3.49. The Morgan fingerprint density at radius 1 is 1.18 bits per heavy atom. The lowest BCUT2D eigenvalue weighted by atomic mass is 10.2. The Morgan fingerprint density at radius 2 is 1.94 bits per heavy atom. The van der Waals surface area contributed by atoms with E-state index in [-0.39, 0.29) is 5.91 Å². The molecule has 0 atom stereocenters. The van der Waals surface area contributed by atoms with E-state index in [1.54, 1.807) is 25.5 Å². The lowest BCUT2D eigenvalue weighted by Gasteiger charge is -2.08. The second-order valence-electron chi connectivity index (χ2n) is 3.49. The molecule has 0 aliphatic rings. The third-order valence-corrected chi connectivity index (χ3v) is 2.37. The molecule has 2 rings (SSSR count). The molecule has 0 saturated heterocycles. The molecule has 0 unspecified atom stereocenters. The van der Waals surface area contributed by atoms with Gasteiger partial charge in [0.15, 0.2) is 0 Å². The van der Waals surface area contributed by atoms with Crippen LogP contribution < -0.4 is 10.6 Å². The molecule has 0 saturated carbocycles. The molecule has 1 amide bonds. The van der Waals surface area contributed by atoms with Crippen LogP contribution in [0.2, 0.25) is 0 Å². The van der Waals surface area contributed by atoms with E-state index in [9.17, 15) is 4.79 Å². The zero-order valence-electron chi connectivity index (χ0n) is 9.47. The molecular weight excluding hydrogens is 214 g/mol. The Morgan fingerprint density at radius 3 is 2.65 bits per heavy atom. The van der Waals surface area contributed by atoms with E-state index in [2.05, 4.69) is 15.6 Å². The summed E-state index contributed by atoms with van der Waals surface area (Å²) in [5.41, 5.74) is 2.05. The number of hydrogen-bond donors (Lipinski definition) is 2. The molecule has 2 N–H and O–H groups in total. The molecule has 0 bridgehead atoms. The van der Waals surface area contributed by atoms with Gasteiger partial charge in [0.05, 0.1) is 5.56 Å². The fourth-order valence-electron chi connectivity index (χ4n) is 1.51. The first kappa shape index (κ1) is 11.1. The molecule has 1 aromatic heterocycles. The number of nitrogens with zero attached hydrogens (tertiary/aromatic N) is 1. The fraction of sp³-hybridized carbons (Fsp3) is 0.0769. The summed E-state index contributed by atoms with van der Waals surface area (Å²) < 4.78 is 0. The van der Waals surface area contributed by atoms with Crippen molar-refractivity contribution >= 4 is 17.3 Å². The first-order chi connectivity index (χ1) is 8.31. The number of benzene rings is 1. The van der Waals surface area contributed by atoms with Crippen molar-refractivity contribution in [3.05, 3.63) is 54.4 Å². The summed E-state index contributed by atoms with van der Waals surface area (Å²) in [6.07, 6.45) is 3.19. The standard InChI is InChI=1S/C13H13N3O/c1-14-12-7-8-15-9-11(12)13(17)16-10-5-3-2-4-6-10/h2-9H,1H3,(H,14,15)(H,16,17). The first-order valence-corrected chi connectivity index (χ1v) is 5.29. The molecule has 2 aromatic rings. The second kappa shape index (κ2) is 5.12. The van der Waals surface area contributed by atoms with Gasteiger partial charge in [0.2, 0.25) is 0 Å². The van der Waals surface area contributed by atoms with E-state index in [1.807, 2.05) is 30.3 Å². The lowest BCUT2D eigenvalue weighted by Crippen LogP contribution is -2.14. The van der Waals surface area contributed by atoms with Gasteiger partial charge in [0.1, 0.15) is 0 Å². The van der Waals surface area contributed by atoms with Crippen molar-refractivity contribution in [2.24, 2.45) is 0 Å². The van der Waals surface area contributed by atoms with Gasteiger partial charge < -0.3 is 10.6 Å². The Labute approximate surface area is 99.7 Å². The highest BCUT2D eigenvalue weighted by atomic mass is 16.1. The average Bonchev–Trinajstić information content (AvgIpc) is 2.40. The van der Waals surface area contributed by atoms with Crippen molar-refractivity contribution in [1.29, 1.82) is 0 Å². The minimum Gasteiger partial charge on any atom is -0.387 e. The quantitative estimate of drug-likeness (QED) is 0.846. The van der Waals surface area contributed by atoms with Crippen LogP contribution in [0.3, 0.4) is 0 Å². The van der Waals surface area contributed by atoms with Gasteiger partial charge >= 0.3 is 0 Å². The van der Waals surface area contributed by atoms with Crippen LogP contribution in [0.1, 0.15) is 10.4 Å². The highest BCUT2D eigenvalue weighted by Gasteiger charge is 2.10. The number of para-hydroxylation sites is 1. The third kappa shape index (κ3) is 2.60. The minimum atomic E-state index is -0.173. The maximum atomic E-state index is 12.0. The van der Waals surface area contributed by atoms with Gasteiger partial charge in [-0.15, -0.1) is 0 Å². The molecule has 4 heteroatoms. The summed E-state index contributed by atoms with van der Waals surface area (Å²) in [5, 5.41) is 5.78. The minimum absolute atomic E-state index is 0.173. The zero-order valence-corrected chi connectivity index (χ0v) is 9.47. The van der Waals surface area contributed by atoms with Crippen molar-refractivity contribution in [3.63, 3.8) is 0 Å². The van der Waals surface area contributed by atoms with E-state index in [1.165, 1.54) is 0 Å². The molecule has 0 aliphatic heterocycles. The SMILES string of the molecule is CNc1ccncc1C(=O)Nc1ccccc1. The van der Waals surface area contributed by atoms with Gasteiger partial charge in [0.25, 0.3) is 5.91 Å². The summed E-state index contributed by atoms with van der Waals surface area (Å²) >= 11 is 0. The van der Waals surface area contributed by atoms with Gasteiger partial charge in [-0.3, -0.25) is 9.78 Å². The van der Waals surface area contributed by atoms with Gasteiger partial charge in [-0.25, -0.2) is 0 Å². The number of rotatable bonds is 3. The summed E-state index contributed by atoms with van der Waals surface area (Å²) in [6, 6.07) is 11.1. The van der Waals surface area contributed by atoms with Crippen LogP contribution in [0.15, 0.2) is 48.8 Å². The van der Waals surface area contributed by atoms with E-state index in [0.717, 1.165) is 11.4 Å². The van der Waals surface area contributed by atoms with E-state index < -0.39 is 0 Å². The molecule has 4 nitrogen and oxygen atoms in total. The highest BCUT2D eigenvalue weighted by Crippen LogP contribution is 2.15. The predicted molar refractivity (Wildman–Crippen MR) is 68.2 cm³/mol. The van der Waals surface area contributed by atoms with Crippen LogP contribution in [0.4, 0.5) is 11.4 Å². The van der Waals surface area contributed by atoms with Crippen molar-refractivity contribution in [1.82, 2.24) is 4.98 Å². The average molecular weight is 227 g/mol. The maximum Gasteiger partial charge on any atom is 0.259 e. The molecule has 86 valence electrons. The summed E-state index contributed by atoms with van der Waals surface area (Å²) in [5.74, 6) is -0.173. The predicted octanol–water partition coefficient (Wildman–Crippen LogP) is 2.38. The number of aromatic nitrogens is 1.